The van der Waals surface area contributed by atoms with Crippen LogP contribution in [0.2, 0.25) is 0 Å². The van der Waals surface area contributed by atoms with E-state index in [1.54, 1.807) is 0 Å². The standard InChI is InChI=1S/C14H22N2/c15-13-6-3-7-14-12(13)8-9-16(14)10-11-4-1-2-5-11/h8-9,11,13H,1-7,10,15H2. The average Bonchev–Trinajstić information content (AvgIpc) is 2.90. The predicted molar refractivity (Wildman–Crippen MR) is 66.3 cm³/mol. The van der Waals surface area contributed by atoms with E-state index in [2.05, 4.69) is 16.8 Å². The average molecular weight is 218 g/mol. The van der Waals surface area contributed by atoms with Gasteiger partial charge in [-0.05, 0) is 49.7 Å². The van der Waals surface area contributed by atoms with Crippen LogP contribution in [0.15, 0.2) is 12.3 Å². The molecular formula is C14H22N2. The van der Waals surface area contributed by atoms with Crippen molar-refractivity contribution in [2.24, 2.45) is 11.7 Å². The van der Waals surface area contributed by atoms with E-state index in [0.717, 1.165) is 5.92 Å². The first-order chi connectivity index (χ1) is 7.84. The predicted octanol–water partition coefficient (Wildman–Crippen LogP) is 3.01. The van der Waals surface area contributed by atoms with Crippen LogP contribution in [0.5, 0.6) is 0 Å². The van der Waals surface area contributed by atoms with Gasteiger partial charge in [0.1, 0.15) is 0 Å². The van der Waals surface area contributed by atoms with Gasteiger partial charge in [0, 0.05) is 24.5 Å². The number of fused-ring (bicyclic) bond motifs is 1. The summed E-state index contributed by atoms with van der Waals surface area (Å²) in [4.78, 5) is 0. The third-order valence-electron chi connectivity index (χ3n) is 4.37. The summed E-state index contributed by atoms with van der Waals surface area (Å²) in [6.07, 6.45) is 11.7. The van der Waals surface area contributed by atoms with Gasteiger partial charge in [-0.3, -0.25) is 0 Å². The summed E-state index contributed by atoms with van der Waals surface area (Å²) in [6, 6.07) is 2.56. The van der Waals surface area contributed by atoms with Gasteiger partial charge >= 0.3 is 0 Å². The van der Waals surface area contributed by atoms with Crippen LogP contribution < -0.4 is 5.73 Å². The molecule has 0 amide bonds. The summed E-state index contributed by atoms with van der Waals surface area (Å²) in [6.45, 7) is 1.24. The maximum absolute atomic E-state index is 6.15. The van der Waals surface area contributed by atoms with E-state index in [1.165, 1.54) is 62.7 Å². The Morgan fingerprint density at radius 2 is 2.00 bits per heavy atom. The Labute approximate surface area is 97.8 Å². The van der Waals surface area contributed by atoms with Crippen LogP contribution in [0.4, 0.5) is 0 Å². The minimum atomic E-state index is 0.300. The summed E-state index contributed by atoms with van der Waals surface area (Å²) in [5.74, 6) is 0.926. The van der Waals surface area contributed by atoms with E-state index in [4.69, 9.17) is 5.73 Å². The van der Waals surface area contributed by atoms with E-state index < -0.39 is 0 Å². The zero-order valence-electron chi connectivity index (χ0n) is 9.99. The zero-order valence-corrected chi connectivity index (χ0v) is 9.99. The van der Waals surface area contributed by atoms with Crippen LogP contribution in [-0.4, -0.2) is 4.57 Å². The lowest BCUT2D eigenvalue weighted by atomic mass is 9.93. The van der Waals surface area contributed by atoms with E-state index in [9.17, 15) is 0 Å². The number of aromatic nitrogens is 1. The highest BCUT2D eigenvalue weighted by atomic mass is 15.0. The number of nitrogens with zero attached hydrogens (tertiary/aromatic N) is 1. The molecule has 1 aromatic heterocycles. The van der Waals surface area contributed by atoms with E-state index in [0.29, 0.717) is 6.04 Å². The molecule has 16 heavy (non-hydrogen) atoms. The van der Waals surface area contributed by atoms with Crippen molar-refractivity contribution in [3.05, 3.63) is 23.5 Å². The lowest BCUT2D eigenvalue weighted by Gasteiger charge is -2.22. The second kappa shape index (κ2) is 4.25. The van der Waals surface area contributed by atoms with Crippen LogP contribution in [0.25, 0.3) is 0 Å². The van der Waals surface area contributed by atoms with Gasteiger partial charge in [0.05, 0.1) is 0 Å². The summed E-state index contributed by atoms with van der Waals surface area (Å²) in [5, 5.41) is 0. The number of hydrogen-bond donors (Lipinski definition) is 1. The molecule has 1 saturated carbocycles. The van der Waals surface area contributed by atoms with E-state index >= 15 is 0 Å². The van der Waals surface area contributed by atoms with Crippen molar-refractivity contribution in [1.29, 1.82) is 0 Å². The van der Waals surface area contributed by atoms with E-state index in [-0.39, 0.29) is 0 Å². The van der Waals surface area contributed by atoms with Gasteiger partial charge in [0.25, 0.3) is 0 Å². The van der Waals surface area contributed by atoms with E-state index in [1.807, 2.05) is 0 Å². The first-order valence-corrected chi connectivity index (χ1v) is 6.78. The quantitative estimate of drug-likeness (QED) is 0.812. The lowest BCUT2D eigenvalue weighted by molar-refractivity contribution is 0.439. The molecule has 0 aliphatic heterocycles. The highest BCUT2D eigenvalue weighted by Gasteiger charge is 2.22. The molecule has 2 heteroatoms. The molecule has 2 aliphatic rings. The number of rotatable bonds is 2. The molecule has 0 bridgehead atoms. The van der Waals surface area contributed by atoms with Gasteiger partial charge in [-0.2, -0.15) is 0 Å². The summed E-state index contributed by atoms with van der Waals surface area (Å²) < 4.78 is 2.49. The molecule has 1 atom stereocenters. The molecule has 88 valence electrons. The van der Waals surface area contributed by atoms with Crippen LogP contribution in [0, 0.1) is 5.92 Å². The van der Waals surface area contributed by atoms with Gasteiger partial charge in [-0.1, -0.05) is 12.8 Å². The molecule has 2 nitrogen and oxygen atoms in total. The smallest absolute Gasteiger partial charge is 0.0312 e. The molecule has 1 heterocycles. The molecule has 1 fully saturated rings. The Hall–Kier alpha value is -0.760. The van der Waals surface area contributed by atoms with Crippen LogP contribution >= 0.6 is 0 Å². The Morgan fingerprint density at radius 1 is 1.19 bits per heavy atom. The molecule has 2 aliphatic carbocycles. The number of nitrogens with two attached hydrogens (primary N) is 1. The van der Waals surface area contributed by atoms with Crippen molar-refractivity contribution in [3.8, 4) is 0 Å². The Morgan fingerprint density at radius 3 is 2.81 bits per heavy atom. The normalized spacial score (nSPS) is 25.9. The Bertz CT molecular complexity index is 361. The zero-order chi connectivity index (χ0) is 11.0. The second-order valence-corrected chi connectivity index (χ2v) is 5.52. The van der Waals surface area contributed by atoms with Crippen LogP contribution in [-0.2, 0) is 13.0 Å². The topological polar surface area (TPSA) is 30.9 Å². The molecule has 0 spiro atoms. The largest absolute Gasteiger partial charge is 0.351 e. The Balaban J connectivity index is 1.79. The fourth-order valence-electron chi connectivity index (χ4n) is 3.43. The van der Waals surface area contributed by atoms with Crippen molar-refractivity contribution in [2.75, 3.05) is 0 Å². The second-order valence-electron chi connectivity index (χ2n) is 5.52. The first-order valence-electron chi connectivity index (χ1n) is 6.78. The maximum atomic E-state index is 6.15. The molecule has 1 unspecified atom stereocenters. The fourth-order valence-corrected chi connectivity index (χ4v) is 3.43. The number of hydrogen-bond acceptors (Lipinski definition) is 1. The van der Waals surface area contributed by atoms with Crippen LogP contribution in [0.1, 0.15) is 55.8 Å². The molecule has 3 rings (SSSR count). The Kier molecular flexibility index (Phi) is 2.76. The third kappa shape index (κ3) is 1.80. The highest BCUT2D eigenvalue weighted by molar-refractivity contribution is 5.28. The van der Waals surface area contributed by atoms with Crippen molar-refractivity contribution in [2.45, 2.75) is 57.5 Å². The minimum Gasteiger partial charge on any atom is -0.351 e. The van der Waals surface area contributed by atoms with Crippen molar-refractivity contribution < 1.29 is 0 Å². The monoisotopic (exact) mass is 218 g/mol. The first kappa shape index (κ1) is 10.4. The maximum Gasteiger partial charge on any atom is 0.0312 e. The molecule has 2 N–H and O–H groups in total. The van der Waals surface area contributed by atoms with Gasteiger partial charge in [0.2, 0.25) is 0 Å². The molecule has 0 aromatic carbocycles. The summed E-state index contributed by atoms with van der Waals surface area (Å²) in [7, 11) is 0. The minimum absolute atomic E-state index is 0.300. The molecule has 0 radical (unpaired) electrons. The van der Waals surface area contributed by atoms with Crippen LogP contribution in [0.3, 0.4) is 0 Å². The van der Waals surface area contributed by atoms with Gasteiger partial charge < -0.3 is 10.3 Å². The molecule has 1 aromatic rings. The van der Waals surface area contributed by atoms with Crippen molar-refractivity contribution in [3.63, 3.8) is 0 Å². The van der Waals surface area contributed by atoms with Gasteiger partial charge in [-0.15, -0.1) is 0 Å². The SMILES string of the molecule is NC1CCCc2c1ccn2CC1CCCC1. The third-order valence-corrected chi connectivity index (χ3v) is 4.37. The van der Waals surface area contributed by atoms with Gasteiger partial charge in [0.15, 0.2) is 0 Å². The molecule has 0 saturated heterocycles. The fraction of sp³-hybridized carbons (Fsp3) is 0.714. The van der Waals surface area contributed by atoms with Crippen molar-refractivity contribution >= 4 is 0 Å². The van der Waals surface area contributed by atoms with Gasteiger partial charge in [-0.25, -0.2) is 0 Å². The molecular weight excluding hydrogens is 196 g/mol. The lowest BCUT2D eigenvalue weighted by Crippen LogP contribution is -2.19. The summed E-state index contributed by atoms with van der Waals surface area (Å²) >= 11 is 0. The highest BCUT2D eigenvalue weighted by Crippen LogP contribution is 2.31. The summed E-state index contributed by atoms with van der Waals surface area (Å²) in [5.41, 5.74) is 9.11. The van der Waals surface area contributed by atoms with Crippen molar-refractivity contribution in [1.82, 2.24) is 4.57 Å².